The molecule has 24 heavy (non-hydrogen) atoms. The monoisotopic (exact) mass is 410 g/mol. The highest BCUT2D eigenvalue weighted by molar-refractivity contribution is 9.10. The van der Waals surface area contributed by atoms with Crippen molar-refractivity contribution in [2.45, 2.75) is 44.9 Å². The van der Waals surface area contributed by atoms with E-state index in [0.29, 0.717) is 11.0 Å². The number of hydrogen-bond acceptors (Lipinski definition) is 3. The Morgan fingerprint density at radius 3 is 2.96 bits per heavy atom. The second-order valence-corrected chi connectivity index (χ2v) is 8.09. The van der Waals surface area contributed by atoms with E-state index < -0.39 is 0 Å². The lowest BCUT2D eigenvalue weighted by Crippen LogP contribution is -2.26. The van der Waals surface area contributed by atoms with Crippen LogP contribution < -0.4 is 5.32 Å². The summed E-state index contributed by atoms with van der Waals surface area (Å²) < 4.78 is 13.6. The van der Waals surface area contributed by atoms with Crippen molar-refractivity contribution >= 4 is 33.2 Å². The molecule has 0 radical (unpaired) electrons. The predicted octanol–water partition coefficient (Wildman–Crippen LogP) is 4.22. The van der Waals surface area contributed by atoms with E-state index in [4.69, 9.17) is 4.98 Å². The molecule has 0 unspecified atom stereocenters. The molecule has 1 N–H and O–H groups in total. The average molecular weight is 411 g/mol. The van der Waals surface area contributed by atoms with E-state index in [2.05, 4.69) is 21.2 Å². The number of aryl methyl sites for hydroxylation is 3. The number of fused-ring (bicyclic) bond motifs is 1. The molecule has 1 aromatic heterocycles. The molecular weight excluding hydrogens is 391 g/mol. The SMILES string of the molecule is O=C(Cc1ccc(F)c(Br)c1)NCCCc1nc2c(s1)CCCC2. The van der Waals surface area contributed by atoms with Crippen molar-refractivity contribution in [3.05, 3.63) is 49.6 Å². The Labute approximate surface area is 153 Å². The Morgan fingerprint density at radius 1 is 1.33 bits per heavy atom. The zero-order valence-corrected chi connectivity index (χ0v) is 15.8. The van der Waals surface area contributed by atoms with E-state index >= 15 is 0 Å². The zero-order chi connectivity index (χ0) is 16.9. The van der Waals surface area contributed by atoms with Gasteiger partial charge >= 0.3 is 0 Å². The Kier molecular flexibility index (Phi) is 6.00. The van der Waals surface area contributed by atoms with Crippen LogP contribution in [0.15, 0.2) is 22.7 Å². The summed E-state index contributed by atoms with van der Waals surface area (Å²) in [5.41, 5.74) is 2.10. The third-order valence-corrected chi connectivity index (χ3v) is 5.95. The molecule has 0 spiro atoms. The molecule has 0 bridgehead atoms. The van der Waals surface area contributed by atoms with Crippen LogP contribution in [-0.4, -0.2) is 17.4 Å². The molecule has 3 rings (SSSR count). The van der Waals surface area contributed by atoms with Gasteiger partial charge in [-0.15, -0.1) is 11.3 Å². The molecule has 0 aliphatic heterocycles. The molecule has 1 amide bonds. The van der Waals surface area contributed by atoms with Crippen molar-refractivity contribution in [2.24, 2.45) is 0 Å². The summed E-state index contributed by atoms with van der Waals surface area (Å²) in [7, 11) is 0. The van der Waals surface area contributed by atoms with Gasteiger partial charge in [0.2, 0.25) is 5.91 Å². The molecule has 0 saturated heterocycles. The third kappa shape index (κ3) is 4.63. The van der Waals surface area contributed by atoms with Crippen molar-refractivity contribution in [2.75, 3.05) is 6.54 Å². The number of carbonyl (C=O) groups is 1. The molecule has 0 saturated carbocycles. The van der Waals surface area contributed by atoms with Crippen molar-refractivity contribution in [1.29, 1.82) is 0 Å². The highest BCUT2D eigenvalue weighted by atomic mass is 79.9. The summed E-state index contributed by atoms with van der Waals surface area (Å²) in [6.45, 7) is 0.644. The number of halogens is 2. The molecule has 1 aliphatic rings. The molecule has 128 valence electrons. The van der Waals surface area contributed by atoms with E-state index in [0.717, 1.165) is 24.8 Å². The van der Waals surface area contributed by atoms with E-state index in [1.54, 1.807) is 12.1 Å². The van der Waals surface area contributed by atoms with Gasteiger partial charge in [-0.3, -0.25) is 4.79 Å². The molecule has 1 aromatic carbocycles. The number of thiazole rings is 1. The van der Waals surface area contributed by atoms with E-state index in [1.165, 1.54) is 40.9 Å². The Hall–Kier alpha value is -1.27. The van der Waals surface area contributed by atoms with Crippen molar-refractivity contribution < 1.29 is 9.18 Å². The van der Waals surface area contributed by atoms with Gasteiger partial charge in [-0.05, 0) is 65.7 Å². The minimum Gasteiger partial charge on any atom is -0.356 e. The molecule has 0 atom stereocenters. The molecule has 1 heterocycles. The first-order valence-electron chi connectivity index (χ1n) is 8.30. The summed E-state index contributed by atoms with van der Waals surface area (Å²) in [6.07, 6.45) is 6.92. The lowest BCUT2D eigenvalue weighted by Gasteiger charge is -2.06. The summed E-state index contributed by atoms with van der Waals surface area (Å²) in [5, 5.41) is 4.12. The number of nitrogens with one attached hydrogen (secondary N) is 1. The lowest BCUT2D eigenvalue weighted by atomic mass is 10.0. The summed E-state index contributed by atoms with van der Waals surface area (Å²) in [6, 6.07) is 4.66. The zero-order valence-electron chi connectivity index (χ0n) is 13.4. The second-order valence-electron chi connectivity index (χ2n) is 6.06. The van der Waals surface area contributed by atoms with E-state index in [-0.39, 0.29) is 18.1 Å². The quantitative estimate of drug-likeness (QED) is 0.724. The molecule has 2 aromatic rings. The average Bonchev–Trinajstić information content (AvgIpc) is 2.98. The van der Waals surface area contributed by atoms with Gasteiger partial charge in [0.1, 0.15) is 5.82 Å². The van der Waals surface area contributed by atoms with Crippen molar-refractivity contribution in [3.8, 4) is 0 Å². The van der Waals surface area contributed by atoms with E-state index in [9.17, 15) is 9.18 Å². The van der Waals surface area contributed by atoms with Gasteiger partial charge in [-0.1, -0.05) is 6.07 Å². The van der Waals surface area contributed by atoms with Crippen LogP contribution >= 0.6 is 27.3 Å². The van der Waals surface area contributed by atoms with Crippen LogP contribution in [0.3, 0.4) is 0 Å². The first kappa shape index (κ1) is 17.5. The van der Waals surface area contributed by atoms with Gasteiger partial charge in [0, 0.05) is 17.8 Å². The maximum absolute atomic E-state index is 13.2. The molecule has 6 heteroatoms. The molecule has 0 fully saturated rings. The standard InChI is InChI=1S/C18H20BrFN2OS/c19-13-10-12(7-8-14(13)20)11-17(23)21-9-3-6-18-22-15-4-1-2-5-16(15)24-18/h7-8,10H,1-6,9,11H2,(H,21,23). The highest BCUT2D eigenvalue weighted by Crippen LogP contribution is 2.27. The fourth-order valence-corrected chi connectivity index (χ4v) is 4.50. The highest BCUT2D eigenvalue weighted by Gasteiger charge is 2.14. The number of hydrogen-bond donors (Lipinski definition) is 1. The summed E-state index contributed by atoms with van der Waals surface area (Å²) in [5.74, 6) is -0.350. The van der Waals surface area contributed by atoms with Crippen LogP contribution in [0.2, 0.25) is 0 Å². The minimum absolute atomic E-state index is 0.0352. The van der Waals surface area contributed by atoms with Gasteiger partial charge < -0.3 is 5.32 Å². The normalized spacial score (nSPS) is 13.6. The molecular formula is C18H20BrFN2OS. The van der Waals surface area contributed by atoms with Gasteiger partial charge in [0.15, 0.2) is 0 Å². The topological polar surface area (TPSA) is 42.0 Å². The maximum Gasteiger partial charge on any atom is 0.224 e. The second kappa shape index (κ2) is 8.21. The van der Waals surface area contributed by atoms with Crippen LogP contribution in [0.4, 0.5) is 4.39 Å². The first-order chi connectivity index (χ1) is 11.6. The van der Waals surface area contributed by atoms with Crippen LogP contribution in [0.5, 0.6) is 0 Å². The smallest absolute Gasteiger partial charge is 0.224 e. The van der Waals surface area contributed by atoms with Gasteiger partial charge in [0.25, 0.3) is 0 Å². The van der Waals surface area contributed by atoms with E-state index in [1.807, 2.05) is 11.3 Å². The Balaban J connectivity index is 1.40. The Bertz CT molecular complexity index is 708. The number of benzene rings is 1. The van der Waals surface area contributed by atoms with Crippen LogP contribution in [0.1, 0.15) is 40.4 Å². The molecule has 1 aliphatic carbocycles. The minimum atomic E-state index is -0.315. The van der Waals surface area contributed by atoms with Crippen molar-refractivity contribution in [3.63, 3.8) is 0 Å². The fraction of sp³-hybridized carbons (Fsp3) is 0.444. The van der Waals surface area contributed by atoms with Crippen LogP contribution in [-0.2, 0) is 30.5 Å². The largest absolute Gasteiger partial charge is 0.356 e. The van der Waals surface area contributed by atoms with Crippen molar-refractivity contribution in [1.82, 2.24) is 10.3 Å². The van der Waals surface area contributed by atoms with Gasteiger partial charge in [0.05, 0.1) is 21.6 Å². The number of amides is 1. The van der Waals surface area contributed by atoms with Gasteiger partial charge in [-0.2, -0.15) is 0 Å². The number of aromatic nitrogens is 1. The molecule has 3 nitrogen and oxygen atoms in total. The van der Waals surface area contributed by atoms with Crippen LogP contribution in [0.25, 0.3) is 0 Å². The van der Waals surface area contributed by atoms with Crippen LogP contribution in [0, 0.1) is 5.82 Å². The van der Waals surface area contributed by atoms with Gasteiger partial charge in [-0.25, -0.2) is 9.37 Å². The number of carbonyl (C=O) groups excluding carboxylic acids is 1. The lowest BCUT2D eigenvalue weighted by molar-refractivity contribution is -0.120. The first-order valence-corrected chi connectivity index (χ1v) is 9.91. The predicted molar refractivity (Wildman–Crippen MR) is 97.9 cm³/mol. The Morgan fingerprint density at radius 2 is 2.17 bits per heavy atom. The number of nitrogens with zero attached hydrogens (tertiary/aromatic N) is 1. The maximum atomic E-state index is 13.2. The fourth-order valence-electron chi connectivity index (χ4n) is 2.88. The third-order valence-electron chi connectivity index (χ3n) is 4.13. The summed E-state index contributed by atoms with van der Waals surface area (Å²) >= 11 is 4.97. The number of rotatable bonds is 6. The summed E-state index contributed by atoms with van der Waals surface area (Å²) in [4.78, 5) is 18.1.